The van der Waals surface area contributed by atoms with Crippen molar-refractivity contribution >= 4 is 22.6 Å². The molecule has 1 N–H and O–H groups in total. The van der Waals surface area contributed by atoms with Gasteiger partial charge in [-0.05, 0) is 41.5 Å². The van der Waals surface area contributed by atoms with Crippen molar-refractivity contribution in [3.8, 4) is 11.6 Å². The van der Waals surface area contributed by atoms with Crippen LogP contribution in [0.15, 0.2) is 23.3 Å². The van der Waals surface area contributed by atoms with Crippen LogP contribution in [0.1, 0.15) is 37.3 Å². The zero-order valence-corrected chi connectivity index (χ0v) is 12.4. The van der Waals surface area contributed by atoms with E-state index in [9.17, 15) is 4.79 Å². The smallest absolute Gasteiger partial charge is 0.264 e. The van der Waals surface area contributed by atoms with E-state index in [-0.39, 0.29) is 5.56 Å². The van der Waals surface area contributed by atoms with Crippen LogP contribution in [-0.2, 0) is 0 Å². The van der Waals surface area contributed by atoms with Crippen LogP contribution < -0.4 is 5.56 Å². The SMILES string of the molecule is O=c1[nH]c(-c2ncccn2)nc(C2CCCC2)c1I. The van der Waals surface area contributed by atoms with Crippen molar-refractivity contribution < 1.29 is 0 Å². The van der Waals surface area contributed by atoms with Gasteiger partial charge in [-0.1, -0.05) is 12.8 Å². The summed E-state index contributed by atoms with van der Waals surface area (Å²) in [4.78, 5) is 27.7. The van der Waals surface area contributed by atoms with Gasteiger partial charge in [0.15, 0.2) is 11.6 Å². The molecule has 2 heterocycles. The molecule has 0 unspecified atom stereocenters. The second-order valence-electron chi connectivity index (χ2n) is 4.67. The van der Waals surface area contributed by atoms with Crippen LogP contribution in [0.3, 0.4) is 0 Å². The summed E-state index contributed by atoms with van der Waals surface area (Å²) in [6.07, 6.45) is 7.95. The van der Waals surface area contributed by atoms with Crippen molar-refractivity contribution in [3.05, 3.63) is 38.1 Å². The van der Waals surface area contributed by atoms with Crippen LogP contribution in [0.2, 0.25) is 0 Å². The van der Waals surface area contributed by atoms with Crippen molar-refractivity contribution in [1.82, 2.24) is 19.9 Å². The fourth-order valence-corrected chi connectivity index (χ4v) is 3.17. The summed E-state index contributed by atoms with van der Waals surface area (Å²) < 4.78 is 0.698. The molecule has 1 saturated carbocycles. The summed E-state index contributed by atoms with van der Waals surface area (Å²) in [6, 6.07) is 1.74. The maximum absolute atomic E-state index is 12.0. The molecule has 2 aromatic rings. The Bertz CT molecular complexity index is 635. The van der Waals surface area contributed by atoms with E-state index in [1.807, 2.05) is 0 Å². The molecular formula is C13H13IN4O. The van der Waals surface area contributed by atoms with Crippen molar-refractivity contribution in [3.63, 3.8) is 0 Å². The Kier molecular flexibility index (Phi) is 3.58. The molecular weight excluding hydrogens is 355 g/mol. The number of hydrogen-bond acceptors (Lipinski definition) is 4. The minimum absolute atomic E-state index is 0.0973. The predicted octanol–water partition coefficient (Wildman–Crippen LogP) is 2.49. The molecule has 2 aromatic heterocycles. The van der Waals surface area contributed by atoms with E-state index >= 15 is 0 Å². The zero-order chi connectivity index (χ0) is 13.2. The monoisotopic (exact) mass is 368 g/mol. The molecule has 6 heteroatoms. The molecule has 1 aliphatic carbocycles. The zero-order valence-electron chi connectivity index (χ0n) is 10.3. The molecule has 0 bridgehead atoms. The molecule has 1 aliphatic rings. The molecule has 0 aromatic carbocycles. The van der Waals surface area contributed by atoms with E-state index in [0.717, 1.165) is 18.5 Å². The fourth-order valence-electron chi connectivity index (χ4n) is 2.47. The van der Waals surface area contributed by atoms with Gasteiger partial charge in [0.2, 0.25) is 0 Å². The summed E-state index contributed by atoms with van der Waals surface area (Å²) in [6.45, 7) is 0. The third-order valence-electron chi connectivity index (χ3n) is 3.41. The van der Waals surface area contributed by atoms with Gasteiger partial charge in [-0.15, -0.1) is 0 Å². The van der Waals surface area contributed by atoms with Crippen LogP contribution in [-0.4, -0.2) is 19.9 Å². The Morgan fingerprint density at radius 2 is 1.89 bits per heavy atom. The molecule has 3 rings (SSSR count). The third-order valence-corrected chi connectivity index (χ3v) is 4.45. The molecule has 0 atom stereocenters. The Morgan fingerprint density at radius 3 is 2.58 bits per heavy atom. The fraction of sp³-hybridized carbons (Fsp3) is 0.385. The van der Waals surface area contributed by atoms with E-state index in [1.54, 1.807) is 18.5 Å². The molecule has 1 fully saturated rings. The van der Waals surface area contributed by atoms with Crippen molar-refractivity contribution in [1.29, 1.82) is 0 Å². The van der Waals surface area contributed by atoms with Gasteiger partial charge in [-0.2, -0.15) is 0 Å². The van der Waals surface area contributed by atoms with Crippen LogP contribution in [0.25, 0.3) is 11.6 Å². The van der Waals surface area contributed by atoms with Crippen molar-refractivity contribution in [2.24, 2.45) is 0 Å². The van der Waals surface area contributed by atoms with Gasteiger partial charge in [-0.3, -0.25) is 4.79 Å². The second-order valence-corrected chi connectivity index (χ2v) is 5.75. The van der Waals surface area contributed by atoms with Crippen molar-refractivity contribution in [2.45, 2.75) is 31.6 Å². The van der Waals surface area contributed by atoms with E-state index in [4.69, 9.17) is 0 Å². The van der Waals surface area contributed by atoms with Gasteiger partial charge >= 0.3 is 0 Å². The average Bonchev–Trinajstić information content (AvgIpc) is 2.96. The third kappa shape index (κ3) is 2.54. The lowest BCUT2D eigenvalue weighted by Crippen LogP contribution is -2.18. The van der Waals surface area contributed by atoms with Crippen LogP contribution in [0, 0.1) is 3.57 Å². The minimum atomic E-state index is -0.0973. The Hall–Kier alpha value is -1.31. The summed E-state index contributed by atoms with van der Waals surface area (Å²) in [5.41, 5.74) is 0.809. The van der Waals surface area contributed by atoms with Gasteiger partial charge in [0.25, 0.3) is 5.56 Å². The molecule has 0 aliphatic heterocycles. The topological polar surface area (TPSA) is 71.5 Å². The summed E-state index contributed by atoms with van der Waals surface area (Å²) >= 11 is 2.08. The molecule has 5 nitrogen and oxygen atoms in total. The van der Waals surface area contributed by atoms with Crippen LogP contribution in [0.5, 0.6) is 0 Å². The molecule has 98 valence electrons. The molecule has 0 amide bonds. The van der Waals surface area contributed by atoms with Gasteiger partial charge in [0.05, 0.1) is 5.69 Å². The lowest BCUT2D eigenvalue weighted by atomic mass is 10.0. The summed E-state index contributed by atoms with van der Waals surface area (Å²) in [5, 5.41) is 0. The van der Waals surface area contributed by atoms with E-state index in [1.165, 1.54) is 12.8 Å². The quantitative estimate of drug-likeness (QED) is 0.827. The number of H-pyrrole nitrogens is 1. The number of hydrogen-bond donors (Lipinski definition) is 1. The normalized spacial score (nSPS) is 15.8. The van der Waals surface area contributed by atoms with Crippen LogP contribution >= 0.6 is 22.6 Å². The van der Waals surface area contributed by atoms with Crippen molar-refractivity contribution in [2.75, 3.05) is 0 Å². The number of halogens is 1. The summed E-state index contributed by atoms with van der Waals surface area (Å²) in [5.74, 6) is 1.33. The number of aromatic amines is 1. The first kappa shape index (κ1) is 12.7. The lowest BCUT2D eigenvalue weighted by molar-refractivity contribution is 0.686. The maximum atomic E-state index is 12.0. The Balaban J connectivity index is 2.10. The second kappa shape index (κ2) is 5.36. The standard InChI is InChI=1S/C13H13IN4O/c14-9-10(8-4-1-2-5-8)17-12(18-13(9)19)11-15-6-3-7-16-11/h3,6-8H,1-2,4-5H2,(H,17,18,19). The number of nitrogens with one attached hydrogen (secondary N) is 1. The molecule has 0 saturated heterocycles. The van der Waals surface area contributed by atoms with Gasteiger partial charge in [0, 0.05) is 18.3 Å². The first-order valence-corrected chi connectivity index (χ1v) is 7.40. The molecule has 0 spiro atoms. The molecule has 19 heavy (non-hydrogen) atoms. The highest BCUT2D eigenvalue weighted by molar-refractivity contribution is 14.1. The van der Waals surface area contributed by atoms with Gasteiger partial charge in [0.1, 0.15) is 3.57 Å². The minimum Gasteiger partial charge on any atom is -0.303 e. The highest BCUT2D eigenvalue weighted by Crippen LogP contribution is 2.34. The Morgan fingerprint density at radius 1 is 1.21 bits per heavy atom. The van der Waals surface area contributed by atoms with Crippen LogP contribution in [0.4, 0.5) is 0 Å². The van der Waals surface area contributed by atoms with Gasteiger partial charge < -0.3 is 4.98 Å². The highest BCUT2D eigenvalue weighted by Gasteiger charge is 2.23. The lowest BCUT2D eigenvalue weighted by Gasteiger charge is -2.11. The van der Waals surface area contributed by atoms with Gasteiger partial charge in [-0.25, -0.2) is 15.0 Å². The predicted molar refractivity (Wildman–Crippen MR) is 79.8 cm³/mol. The number of aromatic nitrogens is 4. The van der Waals surface area contributed by atoms with E-state index in [0.29, 0.717) is 21.1 Å². The number of nitrogens with zero attached hydrogens (tertiary/aromatic N) is 3. The largest absolute Gasteiger partial charge is 0.303 e. The molecule has 0 radical (unpaired) electrons. The summed E-state index contributed by atoms with van der Waals surface area (Å²) in [7, 11) is 0. The van der Waals surface area contributed by atoms with E-state index < -0.39 is 0 Å². The number of rotatable bonds is 2. The highest BCUT2D eigenvalue weighted by atomic mass is 127. The first-order chi connectivity index (χ1) is 9.25. The maximum Gasteiger partial charge on any atom is 0.264 e. The average molecular weight is 368 g/mol. The Labute approximate surface area is 124 Å². The first-order valence-electron chi connectivity index (χ1n) is 6.33. The van der Waals surface area contributed by atoms with E-state index in [2.05, 4.69) is 42.5 Å².